The average Bonchev–Trinajstić information content (AvgIpc) is 3.21. The second kappa shape index (κ2) is 5.18. The fourth-order valence-corrected chi connectivity index (χ4v) is 3.27. The van der Waals surface area contributed by atoms with Crippen LogP contribution in [0.25, 0.3) is 0 Å². The summed E-state index contributed by atoms with van der Waals surface area (Å²) in [6.07, 6.45) is 7.47. The second-order valence-corrected chi connectivity index (χ2v) is 7.57. The highest BCUT2D eigenvalue weighted by Crippen LogP contribution is 2.40. The first kappa shape index (κ1) is 14.1. The van der Waals surface area contributed by atoms with Gasteiger partial charge >= 0.3 is 0 Å². The van der Waals surface area contributed by atoms with Gasteiger partial charge in [-0.2, -0.15) is 0 Å². The molecule has 0 spiro atoms. The van der Waals surface area contributed by atoms with E-state index in [2.05, 4.69) is 30.8 Å². The zero-order valence-electron chi connectivity index (χ0n) is 12.7. The number of hydrogen-bond donors (Lipinski definition) is 0. The summed E-state index contributed by atoms with van der Waals surface area (Å²) in [6.45, 7) is 4.74. The lowest BCUT2D eigenvalue weighted by atomic mass is 9.75. The van der Waals surface area contributed by atoms with Gasteiger partial charge in [-0.3, -0.25) is 0 Å². The Balaban J connectivity index is 1.75. The highest BCUT2D eigenvalue weighted by Gasteiger charge is 2.31. The minimum Gasteiger partial charge on any atom is -0.357 e. The third kappa shape index (κ3) is 3.08. The van der Waals surface area contributed by atoms with Crippen molar-refractivity contribution in [1.29, 1.82) is 0 Å². The molecule has 2 aliphatic rings. The molecule has 0 aliphatic heterocycles. The minimum absolute atomic E-state index is 0.500. The van der Waals surface area contributed by atoms with Crippen LogP contribution in [0.3, 0.4) is 0 Å². The Morgan fingerprint density at radius 3 is 2.40 bits per heavy atom. The Morgan fingerprint density at radius 2 is 1.80 bits per heavy atom. The van der Waals surface area contributed by atoms with Crippen LogP contribution in [0.2, 0.25) is 5.15 Å². The van der Waals surface area contributed by atoms with E-state index in [1.165, 1.54) is 38.5 Å². The zero-order valence-corrected chi connectivity index (χ0v) is 13.5. The molecule has 2 fully saturated rings. The molecule has 1 aromatic heterocycles. The smallest absolute Gasteiger partial charge is 0.135 e. The van der Waals surface area contributed by atoms with Crippen LogP contribution < -0.4 is 4.90 Å². The topological polar surface area (TPSA) is 29.0 Å². The van der Waals surface area contributed by atoms with E-state index in [1.54, 1.807) is 0 Å². The summed E-state index contributed by atoms with van der Waals surface area (Å²) in [4.78, 5) is 11.4. The lowest BCUT2D eigenvalue weighted by molar-refractivity contribution is 0.222. The van der Waals surface area contributed by atoms with Crippen LogP contribution >= 0.6 is 11.6 Å². The van der Waals surface area contributed by atoms with Gasteiger partial charge in [0.2, 0.25) is 0 Å². The molecule has 1 heterocycles. The molecule has 2 aliphatic carbocycles. The number of halogens is 1. The molecule has 3 nitrogen and oxygen atoms in total. The number of anilines is 1. The van der Waals surface area contributed by atoms with Crippen molar-refractivity contribution in [3.63, 3.8) is 0 Å². The van der Waals surface area contributed by atoms with Crippen molar-refractivity contribution in [1.82, 2.24) is 9.97 Å². The predicted octanol–water partition coefficient (Wildman–Crippen LogP) is 4.41. The molecule has 0 unspecified atom stereocenters. The van der Waals surface area contributed by atoms with E-state index in [-0.39, 0.29) is 0 Å². The van der Waals surface area contributed by atoms with Gasteiger partial charge in [0.25, 0.3) is 0 Å². The molecule has 110 valence electrons. The van der Waals surface area contributed by atoms with E-state index in [4.69, 9.17) is 16.6 Å². The van der Waals surface area contributed by atoms with Crippen molar-refractivity contribution >= 4 is 17.4 Å². The van der Waals surface area contributed by atoms with Crippen LogP contribution in [0.15, 0.2) is 6.07 Å². The Bertz CT molecular complexity index is 486. The summed E-state index contributed by atoms with van der Waals surface area (Å²) >= 11 is 6.17. The number of hydrogen-bond acceptors (Lipinski definition) is 3. The molecule has 0 bridgehead atoms. The summed E-state index contributed by atoms with van der Waals surface area (Å²) < 4.78 is 0. The highest BCUT2D eigenvalue weighted by molar-refractivity contribution is 6.29. The maximum Gasteiger partial charge on any atom is 0.135 e. The monoisotopic (exact) mass is 293 g/mol. The van der Waals surface area contributed by atoms with Crippen molar-refractivity contribution in [2.24, 2.45) is 5.41 Å². The summed E-state index contributed by atoms with van der Waals surface area (Å²) in [5.74, 6) is 2.48. The summed E-state index contributed by atoms with van der Waals surface area (Å²) in [5, 5.41) is 0.583. The minimum atomic E-state index is 0.500. The fraction of sp³-hybridized carbons (Fsp3) is 0.750. The standard InChI is InChI=1S/C16H24ClN3/c1-16(2)8-6-12(7-9-16)20(3)14-10-13(17)18-15(19-14)11-4-5-11/h10-12H,4-9H2,1-3H3. The van der Waals surface area contributed by atoms with Gasteiger partial charge in [0.1, 0.15) is 16.8 Å². The molecule has 0 aromatic carbocycles. The quantitative estimate of drug-likeness (QED) is 0.773. The molecule has 20 heavy (non-hydrogen) atoms. The third-order valence-corrected chi connectivity index (χ3v) is 5.05. The fourth-order valence-electron chi connectivity index (χ4n) is 3.09. The lowest BCUT2D eigenvalue weighted by Gasteiger charge is -2.39. The number of aromatic nitrogens is 2. The summed E-state index contributed by atoms with van der Waals surface area (Å²) in [7, 11) is 2.15. The van der Waals surface area contributed by atoms with Gasteiger partial charge in [0, 0.05) is 25.1 Å². The van der Waals surface area contributed by atoms with Crippen LogP contribution in [0.4, 0.5) is 5.82 Å². The molecule has 4 heteroatoms. The van der Waals surface area contributed by atoms with Gasteiger partial charge in [0.15, 0.2) is 0 Å². The van der Waals surface area contributed by atoms with Crippen molar-refractivity contribution in [3.05, 3.63) is 17.0 Å². The molecule has 0 amide bonds. The van der Waals surface area contributed by atoms with Crippen LogP contribution in [0.5, 0.6) is 0 Å². The van der Waals surface area contributed by atoms with Crippen LogP contribution in [0, 0.1) is 5.41 Å². The van der Waals surface area contributed by atoms with Crippen LogP contribution in [-0.4, -0.2) is 23.1 Å². The first-order valence-corrected chi connectivity index (χ1v) is 8.10. The number of rotatable bonds is 3. The zero-order chi connectivity index (χ0) is 14.3. The predicted molar refractivity (Wildman–Crippen MR) is 83.5 cm³/mol. The van der Waals surface area contributed by atoms with E-state index in [1.807, 2.05) is 6.07 Å². The van der Waals surface area contributed by atoms with E-state index in [0.717, 1.165) is 11.6 Å². The van der Waals surface area contributed by atoms with Crippen molar-refractivity contribution in [2.45, 2.75) is 64.3 Å². The summed E-state index contributed by atoms with van der Waals surface area (Å²) in [5.41, 5.74) is 0.500. The first-order valence-electron chi connectivity index (χ1n) is 7.72. The Hall–Kier alpha value is -0.830. The van der Waals surface area contributed by atoms with Gasteiger partial charge in [-0.25, -0.2) is 9.97 Å². The molecule has 2 saturated carbocycles. The molecular formula is C16H24ClN3. The molecule has 0 saturated heterocycles. The highest BCUT2D eigenvalue weighted by atomic mass is 35.5. The van der Waals surface area contributed by atoms with Gasteiger partial charge in [-0.05, 0) is 43.9 Å². The Labute approximate surface area is 126 Å². The molecule has 0 atom stereocenters. The van der Waals surface area contributed by atoms with Crippen LogP contribution in [-0.2, 0) is 0 Å². The van der Waals surface area contributed by atoms with E-state index < -0.39 is 0 Å². The second-order valence-electron chi connectivity index (χ2n) is 7.19. The van der Waals surface area contributed by atoms with E-state index >= 15 is 0 Å². The summed E-state index contributed by atoms with van der Waals surface area (Å²) in [6, 6.07) is 2.49. The molecule has 0 radical (unpaired) electrons. The normalized spacial score (nSPS) is 22.8. The van der Waals surface area contributed by atoms with Crippen molar-refractivity contribution in [2.75, 3.05) is 11.9 Å². The van der Waals surface area contributed by atoms with Gasteiger partial charge in [-0.1, -0.05) is 25.4 Å². The molecule has 3 rings (SSSR count). The average molecular weight is 294 g/mol. The van der Waals surface area contributed by atoms with E-state index in [9.17, 15) is 0 Å². The largest absolute Gasteiger partial charge is 0.357 e. The lowest BCUT2D eigenvalue weighted by Crippen LogP contribution is -2.37. The molecule has 0 N–H and O–H groups in total. The Kier molecular flexibility index (Phi) is 3.65. The first-order chi connectivity index (χ1) is 9.44. The van der Waals surface area contributed by atoms with Crippen molar-refractivity contribution in [3.8, 4) is 0 Å². The van der Waals surface area contributed by atoms with Crippen LogP contribution in [0.1, 0.15) is 64.1 Å². The van der Waals surface area contributed by atoms with Crippen molar-refractivity contribution < 1.29 is 0 Å². The molecular weight excluding hydrogens is 270 g/mol. The Morgan fingerprint density at radius 1 is 1.15 bits per heavy atom. The molecule has 1 aromatic rings. The SMILES string of the molecule is CN(c1cc(Cl)nc(C2CC2)n1)C1CCC(C)(C)CC1. The maximum absolute atomic E-state index is 6.17. The maximum atomic E-state index is 6.17. The third-order valence-electron chi connectivity index (χ3n) is 4.86. The van der Waals surface area contributed by atoms with E-state index in [0.29, 0.717) is 22.5 Å². The van der Waals surface area contributed by atoms with Gasteiger partial charge in [-0.15, -0.1) is 0 Å². The number of nitrogens with zero attached hydrogens (tertiary/aromatic N) is 3. The van der Waals surface area contributed by atoms with Gasteiger partial charge < -0.3 is 4.90 Å². The van der Waals surface area contributed by atoms with Gasteiger partial charge in [0.05, 0.1) is 0 Å².